The minimum atomic E-state index is -0.00656. The van der Waals surface area contributed by atoms with Gasteiger partial charge in [0, 0.05) is 32.1 Å². The largest absolute Gasteiger partial charge is 0.482 e. The molecular weight excluding hydrogens is 362 g/mol. The number of aromatic nitrogens is 2. The van der Waals surface area contributed by atoms with Crippen LogP contribution in [0.15, 0.2) is 42.7 Å². The van der Waals surface area contributed by atoms with Crippen molar-refractivity contribution in [3.8, 4) is 10.9 Å². The Balaban J connectivity index is 1.28. The van der Waals surface area contributed by atoms with E-state index in [-0.39, 0.29) is 18.6 Å². The second-order valence-electron chi connectivity index (χ2n) is 6.58. The number of rotatable bonds is 5. The number of carbonyl (C=O) groups excluding carboxylic acids is 1. The van der Waals surface area contributed by atoms with E-state index in [1.54, 1.807) is 35.9 Å². The van der Waals surface area contributed by atoms with Gasteiger partial charge in [0.15, 0.2) is 6.61 Å². The SMILES string of the molecule is Cc1cccc2sc(OC3CCN(C(=O)COc4cccnc4)CC3)nc12. The maximum atomic E-state index is 12.3. The van der Waals surface area contributed by atoms with Crippen molar-refractivity contribution < 1.29 is 14.3 Å². The maximum Gasteiger partial charge on any atom is 0.274 e. The first kappa shape index (κ1) is 17.7. The number of ether oxygens (including phenoxy) is 2. The number of hydrogen-bond acceptors (Lipinski definition) is 6. The molecular formula is C20H21N3O3S. The van der Waals surface area contributed by atoms with Gasteiger partial charge in [0.2, 0.25) is 0 Å². The van der Waals surface area contributed by atoms with Crippen molar-refractivity contribution in [1.82, 2.24) is 14.9 Å². The molecule has 0 N–H and O–H groups in total. The topological polar surface area (TPSA) is 64.5 Å². The number of thiazole rings is 1. The molecule has 1 fully saturated rings. The average molecular weight is 383 g/mol. The van der Waals surface area contributed by atoms with Gasteiger partial charge in [-0.05, 0) is 30.7 Å². The van der Waals surface area contributed by atoms with E-state index in [1.165, 1.54) is 0 Å². The van der Waals surface area contributed by atoms with Gasteiger partial charge in [-0.3, -0.25) is 9.78 Å². The summed E-state index contributed by atoms with van der Waals surface area (Å²) >= 11 is 1.58. The zero-order valence-corrected chi connectivity index (χ0v) is 15.9. The highest BCUT2D eigenvalue weighted by Crippen LogP contribution is 2.31. The van der Waals surface area contributed by atoms with Crippen LogP contribution in [0.3, 0.4) is 0 Å². The third-order valence-electron chi connectivity index (χ3n) is 4.66. The van der Waals surface area contributed by atoms with Crippen molar-refractivity contribution in [2.75, 3.05) is 19.7 Å². The van der Waals surface area contributed by atoms with Gasteiger partial charge >= 0.3 is 0 Å². The zero-order chi connectivity index (χ0) is 18.6. The summed E-state index contributed by atoms with van der Waals surface area (Å²) in [5.41, 5.74) is 2.17. The smallest absolute Gasteiger partial charge is 0.274 e. The van der Waals surface area contributed by atoms with Gasteiger partial charge < -0.3 is 14.4 Å². The van der Waals surface area contributed by atoms with Gasteiger partial charge in [-0.25, -0.2) is 4.98 Å². The number of fused-ring (bicyclic) bond motifs is 1. The van der Waals surface area contributed by atoms with Crippen LogP contribution in [0.2, 0.25) is 0 Å². The number of para-hydroxylation sites is 1. The van der Waals surface area contributed by atoms with Gasteiger partial charge in [0.25, 0.3) is 11.1 Å². The molecule has 0 radical (unpaired) electrons. The van der Waals surface area contributed by atoms with Crippen LogP contribution in [-0.2, 0) is 4.79 Å². The number of piperidine rings is 1. The van der Waals surface area contributed by atoms with Crippen molar-refractivity contribution in [1.29, 1.82) is 0 Å². The number of hydrogen-bond donors (Lipinski definition) is 0. The average Bonchev–Trinajstić information content (AvgIpc) is 3.11. The third kappa shape index (κ3) is 4.19. The molecule has 0 atom stereocenters. The fraction of sp³-hybridized carbons (Fsp3) is 0.350. The van der Waals surface area contributed by atoms with Crippen LogP contribution in [-0.4, -0.2) is 46.6 Å². The molecule has 1 aliphatic heterocycles. The quantitative estimate of drug-likeness (QED) is 0.675. The normalized spacial score (nSPS) is 15.1. The van der Waals surface area contributed by atoms with E-state index in [0.29, 0.717) is 24.0 Å². The fourth-order valence-electron chi connectivity index (χ4n) is 3.15. The summed E-state index contributed by atoms with van der Waals surface area (Å²) in [5, 5.41) is 0.712. The number of pyridine rings is 1. The Morgan fingerprint density at radius 2 is 2.11 bits per heavy atom. The van der Waals surface area contributed by atoms with E-state index in [2.05, 4.69) is 29.0 Å². The highest BCUT2D eigenvalue weighted by molar-refractivity contribution is 7.20. The molecule has 3 aromatic rings. The van der Waals surface area contributed by atoms with E-state index in [9.17, 15) is 4.79 Å². The van der Waals surface area contributed by atoms with Crippen molar-refractivity contribution in [2.24, 2.45) is 0 Å². The third-order valence-corrected chi connectivity index (χ3v) is 5.57. The number of amides is 1. The van der Waals surface area contributed by atoms with Crippen molar-refractivity contribution >= 4 is 27.5 Å². The summed E-state index contributed by atoms with van der Waals surface area (Å²) in [6.45, 7) is 3.44. The molecule has 0 bridgehead atoms. The van der Waals surface area contributed by atoms with Crippen LogP contribution < -0.4 is 9.47 Å². The lowest BCUT2D eigenvalue weighted by atomic mass is 10.1. The number of nitrogens with zero attached hydrogens (tertiary/aromatic N) is 3. The minimum absolute atomic E-state index is 0.00656. The molecule has 1 amide bonds. The predicted molar refractivity (Wildman–Crippen MR) is 104 cm³/mol. The monoisotopic (exact) mass is 383 g/mol. The standard InChI is InChI=1S/C20H21N3O3S/c1-14-4-2-6-17-19(14)22-20(27-17)26-15-7-10-23(11-8-15)18(24)13-25-16-5-3-9-21-12-16/h2-6,9,12,15H,7-8,10-11,13H2,1H3. The molecule has 1 saturated heterocycles. The number of benzene rings is 1. The Morgan fingerprint density at radius 1 is 1.26 bits per heavy atom. The Morgan fingerprint density at radius 3 is 2.85 bits per heavy atom. The Labute approximate surface area is 161 Å². The summed E-state index contributed by atoms with van der Waals surface area (Å²) in [6, 6.07) is 9.74. The molecule has 0 unspecified atom stereocenters. The highest BCUT2D eigenvalue weighted by Gasteiger charge is 2.25. The molecule has 7 heteroatoms. The first-order chi connectivity index (χ1) is 13.2. The van der Waals surface area contributed by atoms with E-state index in [0.717, 1.165) is 28.6 Å². The number of likely N-dealkylation sites (tertiary alicyclic amines) is 1. The van der Waals surface area contributed by atoms with Crippen LogP contribution in [0.5, 0.6) is 10.9 Å². The number of aryl methyl sites for hydroxylation is 1. The molecule has 1 aliphatic rings. The van der Waals surface area contributed by atoms with Gasteiger partial charge in [-0.15, -0.1) is 0 Å². The van der Waals surface area contributed by atoms with E-state index in [1.807, 2.05) is 11.0 Å². The molecule has 2 aromatic heterocycles. The second kappa shape index (κ2) is 7.92. The van der Waals surface area contributed by atoms with Crippen molar-refractivity contribution in [2.45, 2.75) is 25.9 Å². The molecule has 0 aliphatic carbocycles. The lowest BCUT2D eigenvalue weighted by Crippen LogP contribution is -2.43. The van der Waals surface area contributed by atoms with Gasteiger partial charge in [0.05, 0.1) is 16.4 Å². The molecule has 140 valence electrons. The first-order valence-electron chi connectivity index (χ1n) is 9.02. The Kier molecular flexibility index (Phi) is 5.20. The molecule has 6 nitrogen and oxygen atoms in total. The van der Waals surface area contributed by atoms with Crippen molar-refractivity contribution in [3.05, 3.63) is 48.3 Å². The fourth-order valence-corrected chi connectivity index (χ4v) is 4.11. The summed E-state index contributed by atoms with van der Waals surface area (Å²) in [7, 11) is 0. The van der Waals surface area contributed by atoms with Gasteiger partial charge in [-0.2, -0.15) is 0 Å². The van der Waals surface area contributed by atoms with Gasteiger partial charge in [0.1, 0.15) is 11.9 Å². The van der Waals surface area contributed by atoms with Gasteiger partial charge in [-0.1, -0.05) is 23.5 Å². The predicted octanol–water partition coefficient (Wildman–Crippen LogP) is 3.45. The Hall–Kier alpha value is -2.67. The van der Waals surface area contributed by atoms with E-state index >= 15 is 0 Å². The van der Waals surface area contributed by atoms with Crippen LogP contribution >= 0.6 is 11.3 Å². The first-order valence-corrected chi connectivity index (χ1v) is 9.84. The Bertz CT molecular complexity index is 921. The molecule has 4 rings (SSSR count). The van der Waals surface area contributed by atoms with Crippen LogP contribution in [0.25, 0.3) is 10.2 Å². The van der Waals surface area contributed by atoms with Crippen LogP contribution in [0, 0.1) is 6.92 Å². The second-order valence-corrected chi connectivity index (χ2v) is 7.57. The van der Waals surface area contributed by atoms with Crippen LogP contribution in [0.4, 0.5) is 0 Å². The molecule has 0 spiro atoms. The summed E-state index contributed by atoms with van der Waals surface area (Å²) in [4.78, 5) is 22.7. The minimum Gasteiger partial charge on any atom is -0.482 e. The highest BCUT2D eigenvalue weighted by atomic mass is 32.1. The molecule has 3 heterocycles. The lowest BCUT2D eigenvalue weighted by Gasteiger charge is -2.31. The van der Waals surface area contributed by atoms with E-state index < -0.39 is 0 Å². The summed E-state index contributed by atoms with van der Waals surface area (Å²) in [6.07, 6.45) is 4.97. The van der Waals surface area contributed by atoms with Crippen molar-refractivity contribution in [3.63, 3.8) is 0 Å². The number of carbonyl (C=O) groups is 1. The molecule has 1 aromatic carbocycles. The summed E-state index contributed by atoms with van der Waals surface area (Å²) in [5.74, 6) is 0.600. The van der Waals surface area contributed by atoms with E-state index in [4.69, 9.17) is 9.47 Å². The maximum absolute atomic E-state index is 12.3. The lowest BCUT2D eigenvalue weighted by molar-refractivity contribution is -0.135. The molecule has 0 saturated carbocycles. The summed E-state index contributed by atoms with van der Waals surface area (Å²) < 4.78 is 12.7. The van der Waals surface area contributed by atoms with Crippen LogP contribution in [0.1, 0.15) is 18.4 Å². The zero-order valence-electron chi connectivity index (χ0n) is 15.1. The molecule has 27 heavy (non-hydrogen) atoms.